The van der Waals surface area contributed by atoms with E-state index < -0.39 is 8.97 Å². The van der Waals surface area contributed by atoms with Crippen molar-refractivity contribution in [3.05, 3.63) is 0 Å². The lowest BCUT2D eigenvalue weighted by atomic mass is 10.7. The van der Waals surface area contributed by atoms with Crippen LogP contribution in [-0.4, -0.2) is 35.0 Å². The topological polar surface area (TPSA) is 65.7 Å². The molecule has 0 saturated carbocycles. The Labute approximate surface area is 87.4 Å². The second kappa shape index (κ2) is 7.33. The molecule has 0 aromatic heterocycles. The van der Waals surface area contributed by atoms with Gasteiger partial charge < -0.3 is 19.0 Å². The van der Waals surface area contributed by atoms with Gasteiger partial charge in [-0.2, -0.15) is 0 Å². The number of hydrogen-bond donors (Lipinski definition) is 2. The molecule has 0 fully saturated rings. The lowest BCUT2D eigenvalue weighted by Crippen LogP contribution is -2.63. The fourth-order valence-electron chi connectivity index (χ4n) is 1.10. The Balaban J connectivity index is 4.37. The molecule has 0 aliphatic rings. The zero-order valence-corrected chi connectivity index (χ0v) is 10.5. The molecule has 0 aromatic carbocycles. The maximum atomic E-state index is 5.65. The number of nitrogens with two attached hydrogens (primary N) is 1. The van der Waals surface area contributed by atoms with Gasteiger partial charge in [0.05, 0.1) is 6.17 Å². The molecule has 6 heteroatoms. The van der Waals surface area contributed by atoms with Crippen LogP contribution >= 0.6 is 0 Å². The van der Waals surface area contributed by atoms with Gasteiger partial charge in [-0.25, -0.2) is 0 Å². The molecule has 0 aliphatic heterocycles. The van der Waals surface area contributed by atoms with Crippen LogP contribution in [0.3, 0.4) is 0 Å². The average Bonchev–Trinajstić information content (AvgIpc) is 2.03. The van der Waals surface area contributed by atoms with Gasteiger partial charge >= 0.3 is 8.97 Å². The Morgan fingerprint density at radius 2 is 1.43 bits per heavy atom. The highest BCUT2D eigenvalue weighted by molar-refractivity contribution is 6.57. The molecule has 5 nitrogen and oxygen atoms in total. The van der Waals surface area contributed by atoms with E-state index in [1.165, 1.54) is 0 Å². The minimum absolute atomic E-state index is 0.202. The van der Waals surface area contributed by atoms with E-state index in [1.54, 1.807) is 0 Å². The van der Waals surface area contributed by atoms with Gasteiger partial charge in [0.15, 0.2) is 0 Å². The molecular formula is C8H22N2O3Si. The SMILES string of the molecule is CCO[Si](NC(C)N)(OCC)OCC. The molecule has 1 unspecified atom stereocenters. The lowest BCUT2D eigenvalue weighted by Gasteiger charge is -2.29. The predicted molar refractivity (Wildman–Crippen MR) is 57.4 cm³/mol. The van der Waals surface area contributed by atoms with Gasteiger partial charge in [-0.15, -0.1) is 0 Å². The van der Waals surface area contributed by atoms with E-state index in [9.17, 15) is 0 Å². The third kappa shape index (κ3) is 5.04. The number of hydrogen-bond acceptors (Lipinski definition) is 5. The highest BCUT2D eigenvalue weighted by Crippen LogP contribution is 2.06. The molecule has 14 heavy (non-hydrogen) atoms. The van der Waals surface area contributed by atoms with Crippen LogP contribution in [0.5, 0.6) is 0 Å². The van der Waals surface area contributed by atoms with Gasteiger partial charge in [0.2, 0.25) is 0 Å². The van der Waals surface area contributed by atoms with E-state index in [-0.39, 0.29) is 6.17 Å². The maximum Gasteiger partial charge on any atom is 0.598 e. The maximum absolute atomic E-state index is 5.65. The quantitative estimate of drug-likeness (QED) is 0.460. The van der Waals surface area contributed by atoms with Crippen LogP contribution in [0.2, 0.25) is 0 Å². The van der Waals surface area contributed by atoms with Crippen molar-refractivity contribution in [2.45, 2.75) is 33.9 Å². The van der Waals surface area contributed by atoms with Crippen LogP contribution in [0.1, 0.15) is 27.7 Å². The van der Waals surface area contributed by atoms with Crippen molar-refractivity contribution in [1.82, 2.24) is 4.98 Å². The van der Waals surface area contributed by atoms with Crippen LogP contribution < -0.4 is 10.7 Å². The van der Waals surface area contributed by atoms with E-state index in [1.807, 2.05) is 27.7 Å². The van der Waals surface area contributed by atoms with Crippen molar-refractivity contribution in [2.75, 3.05) is 19.8 Å². The van der Waals surface area contributed by atoms with Gasteiger partial charge in [-0.3, -0.25) is 4.98 Å². The molecule has 0 aliphatic carbocycles. The van der Waals surface area contributed by atoms with Crippen molar-refractivity contribution < 1.29 is 13.3 Å². The Bertz CT molecular complexity index is 130. The Hall–Kier alpha value is 0.0169. The third-order valence-corrected chi connectivity index (χ3v) is 4.22. The first-order valence-corrected chi connectivity index (χ1v) is 6.77. The molecule has 0 aromatic rings. The van der Waals surface area contributed by atoms with Gasteiger partial charge in [0, 0.05) is 19.8 Å². The van der Waals surface area contributed by atoms with Crippen molar-refractivity contribution in [3.8, 4) is 0 Å². The first kappa shape index (κ1) is 14.0. The molecular weight excluding hydrogens is 200 g/mol. The molecule has 0 bridgehead atoms. The first-order valence-electron chi connectivity index (χ1n) is 5.05. The summed E-state index contributed by atoms with van der Waals surface area (Å²) in [5, 5.41) is 0. The summed E-state index contributed by atoms with van der Waals surface area (Å²) in [6, 6.07) is 0. The summed E-state index contributed by atoms with van der Waals surface area (Å²) in [5.41, 5.74) is 5.65. The smallest absolute Gasteiger partial charge is 0.361 e. The molecule has 0 heterocycles. The predicted octanol–water partition coefficient (Wildman–Crippen LogP) is 0.426. The van der Waals surface area contributed by atoms with E-state index >= 15 is 0 Å². The van der Waals surface area contributed by atoms with Gasteiger partial charge in [0.25, 0.3) is 0 Å². The molecule has 3 N–H and O–H groups in total. The summed E-state index contributed by atoms with van der Waals surface area (Å²) in [6.07, 6.45) is -0.202. The van der Waals surface area contributed by atoms with E-state index in [2.05, 4.69) is 4.98 Å². The fourth-order valence-corrected chi connectivity index (χ4v) is 3.30. The fraction of sp³-hybridized carbons (Fsp3) is 1.00. The van der Waals surface area contributed by atoms with Gasteiger partial charge in [-0.05, 0) is 27.7 Å². The van der Waals surface area contributed by atoms with Crippen molar-refractivity contribution in [1.29, 1.82) is 0 Å². The number of rotatable bonds is 8. The Morgan fingerprint density at radius 1 is 1.07 bits per heavy atom. The lowest BCUT2D eigenvalue weighted by molar-refractivity contribution is 0.0570. The Morgan fingerprint density at radius 3 is 1.64 bits per heavy atom. The minimum Gasteiger partial charge on any atom is -0.361 e. The molecule has 0 amide bonds. The summed E-state index contributed by atoms with van der Waals surface area (Å²) in [6.45, 7) is 9.19. The molecule has 0 spiro atoms. The molecule has 0 radical (unpaired) electrons. The van der Waals surface area contributed by atoms with Crippen molar-refractivity contribution in [2.24, 2.45) is 5.73 Å². The second-order valence-corrected chi connectivity index (χ2v) is 5.06. The van der Waals surface area contributed by atoms with Gasteiger partial charge in [-0.1, -0.05) is 0 Å². The largest absolute Gasteiger partial charge is 0.598 e. The molecule has 1 atom stereocenters. The summed E-state index contributed by atoms with van der Waals surface area (Å²) in [4.78, 5) is 3.05. The standard InChI is InChI=1S/C8H22N2O3Si/c1-5-11-14(12-6-2,13-7-3)10-8(4)9/h8,10H,5-7,9H2,1-4H3. The average molecular weight is 222 g/mol. The summed E-state index contributed by atoms with van der Waals surface area (Å²) in [5.74, 6) is 0. The van der Waals surface area contributed by atoms with Crippen LogP contribution in [0, 0.1) is 0 Å². The monoisotopic (exact) mass is 222 g/mol. The zero-order chi connectivity index (χ0) is 11.0. The summed E-state index contributed by atoms with van der Waals surface area (Å²) < 4.78 is 16.6. The Kier molecular flexibility index (Phi) is 7.34. The van der Waals surface area contributed by atoms with Gasteiger partial charge in [0.1, 0.15) is 0 Å². The minimum atomic E-state index is -2.73. The van der Waals surface area contributed by atoms with Crippen LogP contribution in [0.15, 0.2) is 0 Å². The normalized spacial score (nSPS) is 14.4. The molecule has 0 saturated heterocycles. The third-order valence-electron chi connectivity index (χ3n) is 1.41. The first-order chi connectivity index (χ1) is 6.60. The van der Waals surface area contributed by atoms with Crippen LogP contribution in [-0.2, 0) is 13.3 Å². The van der Waals surface area contributed by atoms with Crippen LogP contribution in [0.4, 0.5) is 0 Å². The van der Waals surface area contributed by atoms with E-state index in [0.717, 1.165) is 0 Å². The van der Waals surface area contributed by atoms with Crippen LogP contribution in [0.25, 0.3) is 0 Å². The summed E-state index contributed by atoms with van der Waals surface area (Å²) in [7, 11) is -2.73. The highest BCUT2D eigenvalue weighted by atomic mass is 28.4. The van der Waals surface area contributed by atoms with E-state index in [0.29, 0.717) is 19.8 Å². The highest BCUT2D eigenvalue weighted by Gasteiger charge is 2.42. The van der Waals surface area contributed by atoms with Crippen molar-refractivity contribution in [3.63, 3.8) is 0 Å². The molecule has 0 rings (SSSR count). The van der Waals surface area contributed by atoms with E-state index in [4.69, 9.17) is 19.0 Å². The second-order valence-electron chi connectivity index (χ2n) is 2.79. The number of nitrogens with one attached hydrogen (secondary N) is 1. The zero-order valence-electron chi connectivity index (χ0n) is 9.50. The van der Waals surface area contributed by atoms with Crippen molar-refractivity contribution >= 4 is 8.97 Å². The summed E-state index contributed by atoms with van der Waals surface area (Å²) >= 11 is 0. The molecule has 86 valence electrons.